The molecule has 2 atom stereocenters. The van der Waals surface area contributed by atoms with Gasteiger partial charge in [-0.1, -0.05) is 11.6 Å². The first-order valence-electron chi connectivity index (χ1n) is 5.21. The largest absolute Gasteiger partial charge is 0.377 e. The van der Waals surface area contributed by atoms with Gasteiger partial charge >= 0.3 is 0 Å². The molecule has 0 aromatic carbocycles. The second kappa shape index (κ2) is 5.25. The summed E-state index contributed by atoms with van der Waals surface area (Å²) in [6.07, 6.45) is 4.40. The molecule has 1 N–H and O–H groups in total. The van der Waals surface area contributed by atoms with E-state index in [1.165, 1.54) is 17.8 Å². The van der Waals surface area contributed by atoms with Gasteiger partial charge in [0.1, 0.15) is 9.34 Å². The normalized spacial score (nSPS) is 23.2. The summed E-state index contributed by atoms with van der Waals surface area (Å²) in [4.78, 5) is 4.20. The van der Waals surface area contributed by atoms with E-state index in [9.17, 15) is 0 Å². The molecule has 1 aromatic rings. The maximum atomic E-state index is 5.81. The molecule has 1 saturated heterocycles. The highest BCUT2D eigenvalue weighted by molar-refractivity contribution is 7.15. The van der Waals surface area contributed by atoms with Crippen LogP contribution < -0.4 is 5.32 Å². The third-order valence-corrected chi connectivity index (χ3v) is 3.74. The van der Waals surface area contributed by atoms with Gasteiger partial charge in [0, 0.05) is 19.2 Å². The van der Waals surface area contributed by atoms with Crippen LogP contribution in [0.25, 0.3) is 0 Å². The summed E-state index contributed by atoms with van der Waals surface area (Å²) < 4.78 is 6.35. The van der Waals surface area contributed by atoms with E-state index >= 15 is 0 Å². The third-order valence-electron chi connectivity index (χ3n) is 2.62. The molecule has 15 heavy (non-hydrogen) atoms. The van der Waals surface area contributed by atoms with Gasteiger partial charge in [-0.25, -0.2) is 4.98 Å². The fraction of sp³-hybridized carbons (Fsp3) is 0.700. The Morgan fingerprint density at radius 1 is 1.80 bits per heavy atom. The van der Waals surface area contributed by atoms with Crippen LogP contribution in [0.2, 0.25) is 4.34 Å². The van der Waals surface area contributed by atoms with Gasteiger partial charge in [-0.2, -0.15) is 0 Å². The van der Waals surface area contributed by atoms with Crippen LogP contribution in [0.1, 0.15) is 24.8 Å². The van der Waals surface area contributed by atoms with Crippen LogP contribution in [-0.4, -0.2) is 23.7 Å². The van der Waals surface area contributed by atoms with E-state index in [0.29, 0.717) is 12.1 Å². The van der Waals surface area contributed by atoms with Gasteiger partial charge in [-0.3, -0.25) is 0 Å². The molecular weight excluding hydrogens is 232 g/mol. The Kier molecular flexibility index (Phi) is 3.97. The SMILES string of the molecule is CC(NCc1ncc(Cl)s1)C1CCCO1. The number of halogens is 1. The first-order valence-corrected chi connectivity index (χ1v) is 6.40. The minimum Gasteiger partial charge on any atom is -0.377 e. The summed E-state index contributed by atoms with van der Waals surface area (Å²) in [6.45, 7) is 3.84. The van der Waals surface area contributed by atoms with Gasteiger partial charge in [0.05, 0.1) is 12.3 Å². The first kappa shape index (κ1) is 11.3. The van der Waals surface area contributed by atoms with Crippen molar-refractivity contribution >= 4 is 22.9 Å². The summed E-state index contributed by atoms with van der Waals surface area (Å²) in [7, 11) is 0. The monoisotopic (exact) mass is 246 g/mol. The third kappa shape index (κ3) is 3.14. The fourth-order valence-electron chi connectivity index (χ4n) is 1.75. The molecule has 0 amide bonds. The van der Waals surface area contributed by atoms with Crippen molar-refractivity contribution in [1.29, 1.82) is 0 Å². The average molecular weight is 247 g/mol. The number of nitrogens with zero attached hydrogens (tertiary/aromatic N) is 1. The highest BCUT2D eigenvalue weighted by atomic mass is 35.5. The standard InChI is InChI=1S/C10H15ClN2OS/c1-7(8-3-2-4-14-8)12-6-10-13-5-9(11)15-10/h5,7-8,12H,2-4,6H2,1H3. The van der Waals surface area contributed by atoms with Crippen LogP contribution in [0.5, 0.6) is 0 Å². The summed E-state index contributed by atoms with van der Waals surface area (Å²) in [5.74, 6) is 0. The van der Waals surface area contributed by atoms with Crippen LogP contribution in [0.3, 0.4) is 0 Å². The van der Waals surface area contributed by atoms with Crippen molar-refractivity contribution in [3.8, 4) is 0 Å². The van der Waals surface area contributed by atoms with E-state index in [1.54, 1.807) is 6.20 Å². The number of hydrogen-bond donors (Lipinski definition) is 1. The lowest BCUT2D eigenvalue weighted by atomic mass is 10.1. The van der Waals surface area contributed by atoms with E-state index in [1.807, 2.05) is 0 Å². The Balaban J connectivity index is 1.77. The van der Waals surface area contributed by atoms with Crippen LogP contribution in [0.4, 0.5) is 0 Å². The second-order valence-corrected chi connectivity index (χ2v) is 5.53. The molecule has 0 bridgehead atoms. The molecule has 2 heterocycles. The van der Waals surface area contributed by atoms with Crippen molar-refractivity contribution in [2.24, 2.45) is 0 Å². The first-order chi connectivity index (χ1) is 7.25. The molecule has 3 nitrogen and oxygen atoms in total. The summed E-state index contributed by atoms with van der Waals surface area (Å²) in [6, 6.07) is 0.384. The van der Waals surface area contributed by atoms with E-state index in [4.69, 9.17) is 16.3 Å². The van der Waals surface area contributed by atoms with E-state index in [0.717, 1.165) is 28.9 Å². The maximum absolute atomic E-state index is 5.81. The zero-order valence-corrected chi connectivity index (χ0v) is 10.3. The molecule has 1 aromatic heterocycles. The summed E-state index contributed by atoms with van der Waals surface area (Å²) in [5.41, 5.74) is 0. The number of rotatable bonds is 4. The molecular formula is C10H15ClN2OS. The van der Waals surface area contributed by atoms with Crippen LogP contribution in [0.15, 0.2) is 6.20 Å². The zero-order chi connectivity index (χ0) is 10.7. The lowest BCUT2D eigenvalue weighted by Crippen LogP contribution is -2.36. The van der Waals surface area contributed by atoms with E-state index in [2.05, 4.69) is 17.2 Å². The van der Waals surface area contributed by atoms with Crippen molar-refractivity contribution in [1.82, 2.24) is 10.3 Å². The van der Waals surface area contributed by atoms with Crippen LogP contribution >= 0.6 is 22.9 Å². The predicted octanol–water partition coefficient (Wildman–Crippen LogP) is 2.45. The topological polar surface area (TPSA) is 34.2 Å². The summed E-state index contributed by atoms with van der Waals surface area (Å²) >= 11 is 7.33. The molecule has 0 saturated carbocycles. The van der Waals surface area contributed by atoms with Gasteiger partial charge in [0.15, 0.2) is 0 Å². The maximum Gasteiger partial charge on any atom is 0.113 e. The molecule has 0 aliphatic carbocycles. The van der Waals surface area contributed by atoms with Gasteiger partial charge in [-0.15, -0.1) is 11.3 Å². The average Bonchev–Trinajstić information content (AvgIpc) is 2.84. The zero-order valence-electron chi connectivity index (χ0n) is 8.70. The Bertz CT molecular complexity index is 312. The van der Waals surface area contributed by atoms with Crippen molar-refractivity contribution in [2.75, 3.05) is 6.61 Å². The van der Waals surface area contributed by atoms with Crippen molar-refractivity contribution in [2.45, 2.75) is 38.5 Å². The summed E-state index contributed by atoms with van der Waals surface area (Å²) in [5, 5.41) is 4.45. The smallest absolute Gasteiger partial charge is 0.113 e. The van der Waals surface area contributed by atoms with Gasteiger partial charge in [-0.05, 0) is 19.8 Å². The Morgan fingerprint density at radius 2 is 2.67 bits per heavy atom. The number of thiazole rings is 1. The molecule has 5 heteroatoms. The highest BCUT2D eigenvalue weighted by Gasteiger charge is 2.21. The van der Waals surface area contributed by atoms with Crippen molar-refractivity contribution in [3.05, 3.63) is 15.5 Å². The number of hydrogen-bond acceptors (Lipinski definition) is 4. The minimum absolute atomic E-state index is 0.362. The molecule has 84 valence electrons. The lowest BCUT2D eigenvalue weighted by molar-refractivity contribution is 0.0832. The highest BCUT2D eigenvalue weighted by Crippen LogP contribution is 2.19. The molecule has 1 aliphatic rings. The predicted molar refractivity (Wildman–Crippen MR) is 62.4 cm³/mol. The van der Waals surface area contributed by atoms with Crippen LogP contribution in [0, 0.1) is 0 Å². The van der Waals surface area contributed by atoms with Crippen molar-refractivity contribution < 1.29 is 4.74 Å². The molecule has 2 unspecified atom stereocenters. The minimum atomic E-state index is 0.362. The molecule has 2 rings (SSSR count). The van der Waals surface area contributed by atoms with Gasteiger partial charge in [0.2, 0.25) is 0 Å². The van der Waals surface area contributed by atoms with Gasteiger partial charge < -0.3 is 10.1 Å². The quantitative estimate of drug-likeness (QED) is 0.886. The number of ether oxygens (including phenoxy) is 1. The Labute approximate surface area is 98.8 Å². The second-order valence-electron chi connectivity index (χ2n) is 3.78. The van der Waals surface area contributed by atoms with E-state index < -0.39 is 0 Å². The van der Waals surface area contributed by atoms with Gasteiger partial charge in [0.25, 0.3) is 0 Å². The Hall–Kier alpha value is -0.160. The van der Waals surface area contributed by atoms with Crippen molar-refractivity contribution in [3.63, 3.8) is 0 Å². The lowest BCUT2D eigenvalue weighted by Gasteiger charge is -2.19. The molecule has 1 aliphatic heterocycles. The fourth-order valence-corrected chi connectivity index (χ4v) is 2.65. The molecule has 0 spiro atoms. The number of nitrogens with one attached hydrogen (secondary N) is 1. The van der Waals surface area contributed by atoms with E-state index in [-0.39, 0.29) is 0 Å². The Morgan fingerprint density at radius 3 is 3.27 bits per heavy atom. The number of aromatic nitrogens is 1. The van der Waals surface area contributed by atoms with Crippen LogP contribution in [-0.2, 0) is 11.3 Å². The molecule has 1 fully saturated rings. The molecule has 0 radical (unpaired) electrons.